The molecular formula is C14H14O2. The molecule has 0 aliphatic heterocycles. The average Bonchev–Trinajstić information content (AvgIpc) is 2.89. The van der Waals surface area contributed by atoms with Gasteiger partial charge in [0.2, 0.25) is 0 Å². The Morgan fingerprint density at radius 3 is 2.62 bits per heavy atom. The fourth-order valence-corrected chi connectivity index (χ4v) is 2.23. The van der Waals surface area contributed by atoms with Crippen LogP contribution in [0.5, 0.6) is 5.75 Å². The zero-order valence-corrected chi connectivity index (χ0v) is 9.32. The number of furan rings is 1. The fraction of sp³-hybridized carbons (Fsp3) is 0.286. The molecular weight excluding hydrogens is 200 g/mol. The lowest BCUT2D eigenvalue weighted by atomic mass is 10.1. The summed E-state index contributed by atoms with van der Waals surface area (Å²) in [4.78, 5) is 0. The lowest BCUT2D eigenvalue weighted by Crippen LogP contribution is -1.82. The van der Waals surface area contributed by atoms with Crippen molar-refractivity contribution in [3.8, 4) is 17.1 Å². The molecule has 1 aromatic heterocycles. The molecule has 0 amide bonds. The lowest BCUT2D eigenvalue weighted by Gasteiger charge is -2.00. The van der Waals surface area contributed by atoms with Gasteiger partial charge in [0, 0.05) is 12.0 Å². The smallest absolute Gasteiger partial charge is 0.134 e. The third kappa shape index (κ3) is 1.51. The largest absolute Gasteiger partial charge is 0.497 e. The molecule has 2 heteroatoms. The highest BCUT2D eigenvalue weighted by molar-refractivity contribution is 5.60. The molecule has 82 valence electrons. The molecule has 2 nitrogen and oxygen atoms in total. The number of hydrogen-bond acceptors (Lipinski definition) is 2. The van der Waals surface area contributed by atoms with Crippen molar-refractivity contribution >= 4 is 0 Å². The van der Waals surface area contributed by atoms with Crippen molar-refractivity contribution in [3.63, 3.8) is 0 Å². The van der Waals surface area contributed by atoms with Gasteiger partial charge in [-0.05, 0) is 48.7 Å². The van der Waals surface area contributed by atoms with E-state index < -0.39 is 0 Å². The van der Waals surface area contributed by atoms with Gasteiger partial charge in [-0.25, -0.2) is 0 Å². The lowest BCUT2D eigenvalue weighted by molar-refractivity contribution is 0.415. The van der Waals surface area contributed by atoms with Crippen LogP contribution in [0.15, 0.2) is 34.7 Å². The van der Waals surface area contributed by atoms with E-state index in [1.54, 1.807) is 7.11 Å². The number of fused-ring (bicyclic) bond motifs is 1. The van der Waals surface area contributed by atoms with E-state index >= 15 is 0 Å². The maximum absolute atomic E-state index is 5.84. The number of aryl methyl sites for hydroxylation is 2. The summed E-state index contributed by atoms with van der Waals surface area (Å²) < 4.78 is 11.0. The molecule has 0 atom stereocenters. The van der Waals surface area contributed by atoms with Crippen LogP contribution in [0.2, 0.25) is 0 Å². The first kappa shape index (κ1) is 9.52. The number of methoxy groups -OCH3 is 1. The Balaban J connectivity index is 1.95. The van der Waals surface area contributed by atoms with Crippen molar-refractivity contribution in [3.05, 3.63) is 41.7 Å². The topological polar surface area (TPSA) is 22.4 Å². The normalized spacial score (nSPS) is 13.8. The summed E-state index contributed by atoms with van der Waals surface area (Å²) >= 11 is 0. The summed E-state index contributed by atoms with van der Waals surface area (Å²) in [5.74, 6) is 3.03. The van der Waals surface area contributed by atoms with Gasteiger partial charge in [0.15, 0.2) is 0 Å². The molecule has 0 radical (unpaired) electrons. The maximum atomic E-state index is 5.84. The molecule has 1 aliphatic carbocycles. The molecule has 0 saturated carbocycles. The van der Waals surface area contributed by atoms with Crippen LogP contribution in [-0.2, 0) is 12.8 Å². The minimum atomic E-state index is 0.878. The molecule has 0 N–H and O–H groups in total. The monoisotopic (exact) mass is 214 g/mol. The van der Waals surface area contributed by atoms with Gasteiger partial charge in [-0.15, -0.1) is 0 Å². The summed E-state index contributed by atoms with van der Waals surface area (Å²) in [6.07, 6.45) is 3.48. The van der Waals surface area contributed by atoms with E-state index in [2.05, 4.69) is 6.07 Å². The van der Waals surface area contributed by atoms with Crippen LogP contribution in [0.4, 0.5) is 0 Å². The first-order valence-corrected chi connectivity index (χ1v) is 5.63. The molecule has 0 spiro atoms. The summed E-state index contributed by atoms with van der Waals surface area (Å²) in [5.41, 5.74) is 2.50. The first-order valence-electron chi connectivity index (χ1n) is 5.63. The second-order valence-electron chi connectivity index (χ2n) is 4.14. The SMILES string of the molecule is COc1ccc(-c2cc3c(o2)CCC3)cc1. The second kappa shape index (κ2) is 3.71. The van der Waals surface area contributed by atoms with E-state index in [1.165, 1.54) is 17.7 Å². The van der Waals surface area contributed by atoms with E-state index in [9.17, 15) is 0 Å². The van der Waals surface area contributed by atoms with Gasteiger partial charge in [-0.1, -0.05) is 0 Å². The van der Waals surface area contributed by atoms with Gasteiger partial charge in [0.1, 0.15) is 17.3 Å². The molecule has 1 aliphatic rings. The van der Waals surface area contributed by atoms with E-state index in [0.29, 0.717) is 0 Å². The van der Waals surface area contributed by atoms with E-state index in [0.717, 1.165) is 29.9 Å². The van der Waals surface area contributed by atoms with Crippen LogP contribution in [-0.4, -0.2) is 7.11 Å². The fourth-order valence-electron chi connectivity index (χ4n) is 2.23. The van der Waals surface area contributed by atoms with Crippen molar-refractivity contribution in [2.24, 2.45) is 0 Å². The minimum absolute atomic E-state index is 0.878. The summed E-state index contributed by atoms with van der Waals surface area (Å²) in [6.45, 7) is 0. The van der Waals surface area contributed by atoms with Crippen LogP contribution in [0, 0.1) is 0 Å². The Morgan fingerprint density at radius 2 is 1.94 bits per heavy atom. The van der Waals surface area contributed by atoms with Crippen molar-refractivity contribution in [2.45, 2.75) is 19.3 Å². The zero-order valence-electron chi connectivity index (χ0n) is 9.32. The van der Waals surface area contributed by atoms with Crippen LogP contribution in [0.25, 0.3) is 11.3 Å². The number of rotatable bonds is 2. The van der Waals surface area contributed by atoms with E-state index in [4.69, 9.17) is 9.15 Å². The van der Waals surface area contributed by atoms with Gasteiger partial charge in [0.05, 0.1) is 7.11 Å². The quantitative estimate of drug-likeness (QED) is 0.764. The molecule has 0 unspecified atom stereocenters. The highest BCUT2D eigenvalue weighted by Gasteiger charge is 2.17. The average molecular weight is 214 g/mol. The number of hydrogen-bond donors (Lipinski definition) is 0. The minimum Gasteiger partial charge on any atom is -0.497 e. The van der Waals surface area contributed by atoms with Crippen molar-refractivity contribution < 1.29 is 9.15 Å². The Hall–Kier alpha value is -1.70. The maximum Gasteiger partial charge on any atom is 0.134 e. The van der Waals surface area contributed by atoms with E-state index in [1.807, 2.05) is 24.3 Å². The highest BCUT2D eigenvalue weighted by atomic mass is 16.5. The Labute approximate surface area is 94.9 Å². The predicted octanol–water partition coefficient (Wildman–Crippen LogP) is 3.44. The molecule has 2 aromatic rings. The van der Waals surface area contributed by atoms with Crippen molar-refractivity contribution in [1.82, 2.24) is 0 Å². The molecule has 0 fully saturated rings. The predicted molar refractivity (Wildman–Crippen MR) is 62.7 cm³/mol. The first-order chi connectivity index (χ1) is 7.86. The van der Waals surface area contributed by atoms with Gasteiger partial charge >= 0.3 is 0 Å². The summed E-state index contributed by atoms with van der Waals surface area (Å²) in [7, 11) is 1.68. The van der Waals surface area contributed by atoms with Crippen LogP contribution in [0.1, 0.15) is 17.7 Å². The molecule has 16 heavy (non-hydrogen) atoms. The van der Waals surface area contributed by atoms with Crippen molar-refractivity contribution in [1.29, 1.82) is 0 Å². The Kier molecular flexibility index (Phi) is 2.21. The summed E-state index contributed by atoms with van der Waals surface area (Å²) in [5, 5.41) is 0. The van der Waals surface area contributed by atoms with Crippen LogP contribution in [0.3, 0.4) is 0 Å². The van der Waals surface area contributed by atoms with Crippen LogP contribution >= 0.6 is 0 Å². The van der Waals surface area contributed by atoms with Crippen LogP contribution < -0.4 is 4.74 Å². The molecule has 1 aromatic carbocycles. The number of ether oxygens (including phenoxy) is 1. The van der Waals surface area contributed by atoms with Gasteiger partial charge < -0.3 is 9.15 Å². The highest BCUT2D eigenvalue weighted by Crippen LogP contribution is 2.31. The van der Waals surface area contributed by atoms with Gasteiger partial charge in [0.25, 0.3) is 0 Å². The Morgan fingerprint density at radius 1 is 1.12 bits per heavy atom. The number of benzene rings is 1. The molecule has 0 bridgehead atoms. The zero-order chi connectivity index (χ0) is 11.0. The van der Waals surface area contributed by atoms with E-state index in [-0.39, 0.29) is 0 Å². The standard InChI is InChI=1S/C14H14O2/c1-15-12-7-5-10(6-8-12)14-9-11-3-2-4-13(11)16-14/h5-9H,2-4H2,1H3. The van der Waals surface area contributed by atoms with Gasteiger partial charge in [-0.2, -0.15) is 0 Å². The summed E-state index contributed by atoms with van der Waals surface area (Å²) in [6, 6.07) is 10.2. The third-order valence-corrected chi connectivity index (χ3v) is 3.12. The second-order valence-corrected chi connectivity index (χ2v) is 4.14. The van der Waals surface area contributed by atoms with Crippen molar-refractivity contribution in [2.75, 3.05) is 7.11 Å². The molecule has 0 saturated heterocycles. The Bertz CT molecular complexity index is 472. The molecule has 3 rings (SSSR count). The third-order valence-electron chi connectivity index (χ3n) is 3.12. The molecule has 1 heterocycles. The van der Waals surface area contributed by atoms with Gasteiger partial charge in [-0.3, -0.25) is 0 Å².